The van der Waals surface area contributed by atoms with Crippen LogP contribution in [0.25, 0.3) is 0 Å². The molecule has 0 aliphatic rings. The van der Waals surface area contributed by atoms with Crippen LogP contribution in [0, 0.1) is 0 Å². The monoisotopic (exact) mass is 560 g/mol. The van der Waals surface area contributed by atoms with Gasteiger partial charge in [0.1, 0.15) is 5.75 Å². The first-order chi connectivity index (χ1) is 19.7. The van der Waals surface area contributed by atoms with Crippen molar-refractivity contribution in [3.8, 4) is 5.75 Å². The van der Waals surface area contributed by atoms with Gasteiger partial charge >= 0.3 is 0 Å². The fourth-order valence-electron chi connectivity index (χ4n) is 4.78. The van der Waals surface area contributed by atoms with Crippen molar-refractivity contribution in [3.05, 3.63) is 90.0 Å². The van der Waals surface area contributed by atoms with Crippen molar-refractivity contribution < 1.29 is 9.90 Å². The maximum absolute atomic E-state index is 12.6. The van der Waals surface area contributed by atoms with Crippen LogP contribution in [0.4, 0.5) is 0 Å². The van der Waals surface area contributed by atoms with E-state index < -0.39 is 0 Å². The summed E-state index contributed by atoms with van der Waals surface area (Å²) < 4.78 is 0. The molecule has 0 atom stereocenters. The smallest absolute Gasteiger partial charge is 0.240 e. The minimum atomic E-state index is -0.202. The van der Waals surface area contributed by atoms with Crippen molar-refractivity contribution in [3.63, 3.8) is 0 Å². The van der Waals surface area contributed by atoms with E-state index in [2.05, 4.69) is 21.7 Å². The van der Waals surface area contributed by atoms with Crippen molar-refractivity contribution in [2.24, 2.45) is 5.10 Å². The van der Waals surface area contributed by atoms with Gasteiger partial charge in [-0.1, -0.05) is 89.7 Å². The molecule has 6 nitrogen and oxygen atoms in total. The Labute approximate surface area is 244 Å². The zero-order valence-electron chi connectivity index (χ0n) is 23.8. The lowest BCUT2D eigenvalue weighted by atomic mass is 9.91. The summed E-state index contributed by atoms with van der Waals surface area (Å²) in [4.78, 5) is 24.9. The predicted octanol–water partition coefficient (Wildman–Crippen LogP) is 8.84. The Hall–Kier alpha value is -3.19. The van der Waals surface area contributed by atoms with Crippen LogP contribution in [-0.2, 0) is 0 Å². The average Bonchev–Trinajstić information content (AvgIpc) is 2.99. The number of hydrogen-bond acceptors (Lipinski definition) is 7. The molecule has 0 aliphatic heterocycles. The quantitative estimate of drug-likeness (QED) is 0.0659. The number of unbranched alkanes of at least 4 members (excludes halogenated alkanes) is 11. The highest BCUT2D eigenvalue weighted by Crippen LogP contribution is 2.26. The number of phenolic OH excluding ortho intramolecular Hbond substituents is 1. The molecular weight excluding hydrogens is 516 g/mol. The fourth-order valence-corrected chi connectivity index (χ4v) is 5.28. The minimum absolute atomic E-state index is 0.130. The van der Waals surface area contributed by atoms with E-state index in [0.717, 1.165) is 48.3 Å². The Bertz CT molecular complexity index is 1080. The number of aromatic hydroxyl groups is 1. The number of nitrogens with zero attached hydrogens (tertiary/aromatic N) is 3. The number of rotatable bonds is 19. The summed E-state index contributed by atoms with van der Waals surface area (Å²) in [5, 5.41) is 14.1. The molecule has 0 unspecified atom stereocenters. The van der Waals surface area contributed by atoms with Crippen molar-refractivity contribution in [2.45, 2.75) is 96.3 Å². The van der Waals surface area contributed by atoms with Gasteiger partial charge in [0.15, 0.2) is 0 Å². The molecule has 0 bridgehead atoms. The summed E-state index contributed by atoms with van der Waals surface area (Å²) >= 11 is 0.934. The van der Waals surface area contributed by atoms with E-state index in [1.807, 2.05) is 36.4 Å². The highest BCUT2D eigenvalue weighted by molar-refractivity contribution is 8.12. The SMILES string of the molecule is CCCCCCCCCCCCCCC(=NNSC(=O)c1ccc(O)cc1)C(c1ccccn1)c1ccccn1. The molecule has 0 aliphatic carbocycles. The molecule has 214 valence electrons. The average molecular weight is 561 g/mol. The molecule has 2 aromatic heterocycles. The second kappa shape index (κ2) is 19.0. The number of benzene rings is 1. The van der Waals surface area contributed by atoms with Gasteiger partial charge in [0.2, 0.25) is 5.12 Å². The molecule has 2 N–H and O–H groups in total. The van der Waals surface area contributed by atoms with Gasteiger partial charge < -0.3 is 5.11 Å². The van der Waals surface area contributed by atoms with E-state index in [1.54, 1.807) is 24.5 Å². The molecule has 0 spiro atoms. The van der Waals surface area contributed by atoms with E-state index in [4.69, 9.17) is 5.10 Å². The van der Waals surface area contributed by atoms with Crippen molar-refractivity contribution in [2.75, 3.05) is 0 Å². The van der Waals surface area contributed by atoms with Crippen LogP contribution in [0.3, 0.4) is 0 Å². The van der Waals surface area contributed by atoms with Crippen LogP contribution >= 0.6 is 11.9 Å². The van der Waals surface area contributed by atoms with Gasteiger partial charge in [-0.05, 0) is 61.4 Å². The highest BCUT2D eigenvalue weighted by Gasteiger charge is 2.23. The maximum atomic E-state index is 12.6. The Morgan fingerprint density at radius 1 is 0.775 bits per heavy atom. The molecule has 2 heterocycles. The summed E-state index contributed by atoms with van der Waals surface area (Å²) in [6.45, 7) is 2.27. The second-order valence-electron chi connectivity index (χ2n) is 10.2. The molecule has 1 aromatic carbocycles. The highest BCUT2D eigenvalue weighted by atomic mass is 32.2. The lowest BCUT2D eigenvalue weighted by Crippen LogP contribution is -2.19. The molecule has 0 fully saturated rings. The number of pyridine rings is 2. The van der Waals surface area contributed by atoms with Gasteiger partial charge in [0, 0.05) is 29.9 Å². The number of hydrogen-bond donors (Lipinski definition) is 2. The number of nitrogens with one attached hydrogen (secondary N) is 1. The third-order valence-corrected chi connectivity index (χ3v) is 7.62. The van der Waals surface area contributed by atoms with Crippen LogP contribution in [-0.4, -0.2) is 25.9 Å². The maximum Gasteiger partial charge on any atom is 0.240 e. The van der Waals surface area contributed by atoms with Gasteiger partial charge in [-0.15, -0.1) is 0 Å². The first-order valence-electron chi connectivity index (χ1n) is 14.8. The largest absolute Gasteiger partial charge is 0.508 e. The standard InChI is InChI=1S/C33H44N4O2S/c1-2-3-4-5-6-7-8-9-10-11-12-13-20-31(36-37-40-33(39)27-21-23-28(38)24-22-27)32(29-18-14-16-25-34-29)30-19-15-17-26-35-30/h14-19,21-26,32,37-38H,2-13,20H2,1H3. The second-order valence-corrected chi connectivity index (χ2v) is 11.0. The zero-order chi connectivity index (χ0) is 28.3. The molecule has 0 amide bonds. The van der Waals surface area contributed by atoms with Gasteiger partial charge in [0.25, 0.3) is 0 Å². The molecule has 7 heteroatoms. The van der Waals surface area contributed by atoms with E-state index in [1.165, 1.54) is 76.3 Å². The van der Waals surface area contributed by atoms with Gasteiger partial charge in [0.05, 0.1) is 23.0 Å². The van der Waals surface area contributed by atoms with Crippen LogP contribution in [0.5, 0.6) is 5.75 Å². The Morgan fingerprint density at radius 3 is 1.80 bits per heavy atom. The molecule has 3 rings (SSSR count). The molecule has 0 saturated carbocycles. The first kappa shape index (κ1) is 31.3. The van der Waals surface area contributed by atoms with Crippen LogP contribution in [0.2, 0.25) is 0 Å². The summed E-state index contributed by atoms with van der Waals surface area (Å²) in [5.41, 5.74) is 3.18. The number of carbonyl (C=O) groups is 1. The number of aromatic nitrogens is 2. The minimum Gasteiger partial charge on any atom is -0.508 e. The third-order valence-electron chi connectivity index (χ3n) is 7.02. The van der Waals surface area contributed by atoms with Crippen molar-refractivity contribution in [1.82, 2.24) is 14.8 Å². The molecule has 0 radical (unpaired) electrons. The number of phenols is 1. The van der Waals surface area contributed by atoms with Gasteiger partial charge in [-0.2, -0.15) is 5.10 Å². The molecule has 40 heavy (non-hydrogen) atoms. The van der Waals surface area contributed by atoms with E-state index >= 15 is 0 Å². The summed E-state index contributed by atoms with van der Waals surface area (Å²) in [6, 6.07) is 18.0. The lowest BCUT2D eigenvalue weighted by molar-refractivity contribution is 0.108. The Morgan fingerprint density at radius 2 is 1.30 bits per heavy atom. The van der Waals surface area contributed by atoms with E-state index in [-0.39, 0.29) is 16.8 Å². The fraction of sp³-hybridized carbons (Fsp3) is 0.455. The van der Waals surface area contributed by atoms with Crippen molar-refractivity contribution >= 4 is 22.8 Å². The third kappa shape index (κ3) is 11.5. The van der Waals surface area contributed by atoms with Crippen molar-refractivity contribution in [1.29, 1.82) is 0 Å². The van der Waals surface area contributed by atoms with Crippen LogP contribution in [0.15, 0.2) is 78.2 Å². The number of hydrazone groups is 1. The van der Waals surface area contributed by atoms with Crippen LogP contribution in [0.1, 0.15) is 118 Å². The number of carbonyl (C=O) groups excluding carboxylic acids is 1. The Kier molecular flexibility index (Phi) is 14.9. The summed E-state index contributed by atoms with van der Waals surface area (Å²) in [6.07, 6.45) is 19.9. The zero-order valence-corrected chi connectivity index (χ0v) is 24.6. The molecular formula is C33H44N4O2S. The first-order valence-corrected chi connectivity index (χ1v) is 15.6. The van der Waals surface area contributed by atoms with E-state index in [9.17, 15) is 9.90 Å². The Balaban J connectivity index is 1.59. The topological polar surface area (TPSA) is 87.5 Å². The van der Waals surface area contributed by atoms with Gasteiger partial charge in [-0.25, -0.2) is 4.83 Å². The molecule has 3 aromatic rings. The summed E-state index contributed by atoms with van der Waals surface area (Å²) in [5.74, 6) is -0.0715. The van der Waals surface area contributed by atoms with E-state index in [0.29, 0.717) is 5.56 Å². The summed E-state index contributed by atoms with van der Waals surface area (Å²) in [7, 11) is 0. The molecule has 0 saturated heterocycles. The van der Waals surface area contributed by atoms with Gasteiger partial charge in [-0.3, -0.25) is 14.8 Å². The normalized spacial score (nSPS) is 11.6. The predicted molar refractivity (Wildman–Crippen MR) is 167 cm³/mol. The van der Waals surface area contributed by atoms with Crippen LogP contribution < -0.4 is 4.83 Å². The lowest BCUT2D eigenvalue weighted by Gasteiger charge is -2.19.